The maximum atomic E-state index is 12.3. The molecule has 0 bridgehead atoms. The largest absolute Gasteiger partial charge is 0.504 e. The van der Waals surface area contributed by atoms with Crippen LogP contribution < -0.4 is 10.1 Å². The van der Waals surface area contributed by atoms with Crippen molar-refractivity contribution in [1.82, 2.24) is 9.88 Å². The minimum Gasteiger partial charge on any atom is -0.504 e. The number of thiazole rings is 1. The summed E-state index contributed by atoms with van der Waals surface area (Å²) in [6.07, 6.45) is 2.43. The van der Waals surface area contributed by atoms with Crippen LogP contribution in [0.4, 0.5) is 13.9 Å². The molecule has 2 N–H and O–H groups in total. The van der Waals surface area contributed by atoms with Gasteiger partial charge in [0.15, 0.2) is 16.6 Å². The Kier molecular flexibility index (Phi) is 5.35. The summed E-state index contributed by atoms with van der Waals surface area (Å²) in [6, 6.07) is 4.10. The van der Waals surface area contributed by atoms with Gasteiger partial charge < -0.3 is 20.1 Å². The van der Waals surface area contributed by atoms with Gasteiger partial charge in [0.2, 0.25) is 11.8 Å². The molecule has 1 saturated heterocycles. The van der Waals surface area contributed by atoms with Crippen LogP contribution in [0.25, 0.3) is 0 Å². The molecule has 2 fully saturated rings. The summed E-state index contributed by atoms with van der Waals surface area (Å²) in [6.45, 7) is -2.83. The molecule has 2 aliphatic rings. The number of ether oxygens (including phenoxy) is 1. The number of benzene rings is 1. The number of hydrogen-bond acceptors (Lipinski definition) is 6. The van der Waals surface area contributed by atoms with Gasteiger partial charge in [-0.1, -0.05) is 6.07 Å². The molecule has 10 heteroatoms. The van der Waals surface area contributed by atoms with E-state index in [0.29, 0.717) is 23.2 Å². The summed E-state index contributed by atoms with van der Waals surface area (Å²) in [4.78, 5) is 30.4. The lowest BCUT2D eigenvalue weighted by molar-refractivity contribution is -0.131. The summed E-state index contributed by atoms with van der Waals surface area (Å²) in [5.41, 5.74) is 1.62. The minimum atomic E-state index is -3.04. The van der Waals surface area contributed by atoms with Crippen LogP contribution in [0.3, 0.4) is 0 Å². The highest BCUT2D eigenvalue weighted by Gasteiger charge is 2.32. The molecule has 4 rings (SSSR count). The number of nitrogens with one attached hydrogen (secondary N) is 1. The Labute approximate surface area is 169 Å². The normalized spacial score (nSPS) is 19.1. The van der Waals surface area contributed by atoms with Crippen LogP contribution in [0.1, 0.15) is 42.4 Å². The highest BCUT2D eigenvalue weighted by atomic mass is 32.1. The Morgan fingerprint density at radius 2 is 2.17 bits per heavy atom. The number of aromatic hydroxyl groups is 1. The molecule has 1 saturated carbocycles. The number of phenols is 1. The molecule has 1 aromatic carbocycles. The van der Waals surface area contributed by atoms with E-state index in [2.05, 4.69) is 15.0 Å². The monoisotopic (exact) mass is 423 g/mol. The lowest BCUT2D eigenvalue weighted by Gasteiger charge is -2.16. The van der Waals surface area contributed by atoms with Crippen molar-refractivity contribution in [3.63, 3.8) is 0 Å². The zero-order chi connectivity index (χ0) is 20.5. The van der Waals surface area contributed by atoms with E-state index >= 15 is 0 Å². The Balaban J connectivity index is 1.34. The highest BCUT2D eigenvalue weighted by molar-refractivity contribution is 7.13. The molecule has 0 spiro atoms. The van der Waals surface area contributed by atoms with Crippen LogP contribution in [0.5, 0.6) is 11.5 Å². The summed E-state index contributed by atoms with van der Waals surface area (Å²) in [5.74, 6) is -0.982. The first kappa shape index (κ1) is 19.6. The summed E-state index contributed by atoms with van der Waals surface area (Å²) in [5, 5.41) is 15.1. The third-order valence-corrected chi connectivity index (χ3v) is 5.76. The second kappa shape index (κ2) is 7.94. The van der Waals surface area contributed by atoms with Gasteiger partial charge in [-0.2, -0.15) is 8.78 Å². The van der Waals surface area contributed by atoms with E-state index in [1.54, 1.807) is 0 Å². The Hall–Kier alpha value is -2.75. The SMILES string of the molecule is O=C(CN1C[C@H](c2ccc(OC(F)F)c(O)c2)CC1=O)Nc1nc(C2CC2)cs1. The molecule has 2 heterocycles. The fraction of sp³-hybridized carbons (Fsp3) is 0.421. The van der Waals surface area contributed by atoms with Crippen LogP contribution in [0.2, 0.25) is 0 Å². The van der Waals surface area contributed by atoms with E-state index in [1.165, 1.54) is 34.4 Å². The van der Waals surface area contributed by atoms with E-state index in [9.17, 15) is 23.5 Å². The van der Waals surface area contributed by atoms with Crippen LogP contribution >= 0.6 is 11.3 Å². The number of phenolic OH excluding ortho intramolecular Hbond substituents is 1. The van der Waals surface area contributed by atoms with Crippen molar-refractivity contribution in [2.75, 3.05) is 18.4 Å². The van der Waals surface area contributed by atoms with Crippen molar-refractivity contribution < 1.29 is 28.2 Å². The average Bonchev–Trinajstić information content (AvgIpc) is 3.31. The molecule has 2 amide bonds. The molecular weight excluding hydrogens is 404 g/mol. The molecule has 1 atom stereocenters. The Morgan fingerprint density at radius 3 is 2.86 bits per heavy atom. The molecule has 7 nitrogen and oxygen atoms in total. The Bertz CT molecular complexity index is 932. The van der Waals surface area contributed by atoms with E-state index in [0.717, 1.165) is 18.5 Å². The minimum absolute atomic E-state index is 0.0910. The van der Waals surface area contributed by atoms with Gasteiger partial charge in [-0.15, -0.1) is 11.3 Å². The van der Waals surface area contributed by atoms with Crippen LogP contribution in [-0.2, 0) is 9.59 Å². The third kappa shape index (κ3) is 4.64. The van der Waals surface area contributed by atoms with Gasteiger partial charge in [0, 0.05) is 30.2 Å². The molecule has 1 aliphatic carbocycles. The zero-order valence-corrected chi connectivity index (χ0v) is 16.1. The highest BCUT2D eigenvalue weighted by Crippen LogP contribution is 2.41. The van der Waals surface area contributed by atoms with Gasteiger partial charge in [0.25, 0.3) is 0 Å². The van der Waals surface area contributed by atoms with Crippen molar-refractivity contribution in [1.29, 1.82) is 0 Å². The van der Waals surface area contributed by atoms with Crippen molar-refractivity contribution in [2.45, 2.75) is 37.7 Å². The number of rotatable bonds is 7. The van der Waals surface area contributed by atoms with Gasteiger partial charge in [-0.3, -0.25) is 9.59 Å². The quantitative estimate of drug-likeness (QED) is 0.713. The molecule has 1 aromatic heterocycles. The maximum Gasteiger partial charge on any atom is 0.387 e. The smallest absolute Gasteiger partial charge is 0.387 e. The molecule has 0 unspecified atom stereocenters. The number of carbonyl (C=O) groups is 2. The summed E-state index contributed by atoms with van der Waals surface area (Å²) >= 11 is 1.37. The van der Waals surface area contributed by atoms with Crippen molar-refractivity contribution in [2.24, 2.45) is 0 Å². The fourth-order valence-electron chi connectivity index (χ4n) is 3.37. The second-order valence-corrected chi connectivity index (χ2v) is 8.04. The average molecular weight is 423 g/mol. The van der Waals surface area contributed by atoms with Gasteiger partial charge in [-0.05, 0) is 30.5 Å². The second-order valence-electron chi connectivity index (χ2n) is 7.18. The number of aromatic nitrogens is 1. The van der Waals surface area contributed by atoms with Crippen molar-refractivity contribution >= 4 is 28.3 Å². The number of likely N-dealkylation sites (tertiary alicyclic amines) is 1. The van der Waals surface area contributed by atoms with Crippen LogP contribution in [0.15, 0.2) is 23.6 Å². The lowest BCUT2D eigenvalue weighted by atomic mass is 9.98. The fourth-order valence-corrected chi connectivity index (χ4v) is 4.18. The van der Waals surface area contributed by atoms with Crippen LogP contribution in [0, 0.1) is 0 Å². The molecular formula is C19H19F2N3O4S. The van der Waals surface area contributed by atoms with E-state index in [4.69, 9.17) is 0 Å². The zero-order valence-electron chi connectivity index (χ0n) is 15.3. The number of amides is 2. The summed E-state index contributed by atoms with van der Waals surface area (Å²) in [7, 11) is 0. The van der Waals surface area contributed by atoms with E-state index < -0.39 is 12.4 Å². The number of nitrogens with zero attached hydrogens (tertiary/aromatic N) is 2. The third-order valence-electron chi connectivity index (χ3n) is 4.98. The standard InChI is InChI=1S/C19H19F2N3O4S/c20-18(21)28-15-4-3-11(5-14(15)25)12-6-17(27)24(7-12)8-16(26)23-19-22-13(9-29-19)10-1-2-10/h3-5,9-10,12,18,25H,1-2,6-8H2,(H,22,23,26)/t12-/m1/s1. The van der Waals surface area contributed by atoms with E-state index in [1.807, 2.05) is 5.38 Å². The topological polar surface area (TPSA) is 91.8 Å². The van der Waals surface area contributed by atoms with Crippen molar-refractivity contribution in [3.05, 3.63) is 34.8 Å². The molecule has 2 aromatic rings. The van der Waals surface area contributed by atoms with Crippen molar-refractivity contribution in [3.8, 4) is 11.5 Å². The predicted molar refractivity (Wildman–Crippen MR) is 101 cm³/mol. The van der Waals surface area contributed by atoms with Crippen LogP contribution in [-0.4, -0.2) is 46.5 Å². The number of halogens is 2. The first-order chi connectivity index (χ1) is 13.9. The molecule has 1 aliphatic heterocycles. The number of anilines is 1. The van der Waals surface area contributed by atoms with Gasteiger partial charge in [-0.25, -0.2) is 4.98 Å². The predicted octanol–water partition coefficient (Wildman–Crippen LogP) is 3.28. The molecule has 29 heavy (non-hydrogen) atoms. The number of hydrogen-bond donors (Lipinski definition) is 2. The number of carbonyl (C=O) groups excluding carboxylic acids is 2. The maximum absolute atomic E-state index is 12.3. The Morgan fingerprint density at radius 1 is 1.38 bits per heavy atom. The van der Waals surface area contributed by atoms with Gasteiger partial charge >= 0.3 is 6.61 Å². The summed E-state index contributed by atoms with van der Waals surface area (Å²) < 4.78 is 28.8. The van der Waals surface area contributed by atoms with E-state index in [-0.39, 0.29) is 36.4 Å². The lowest BCUT2D eigenvalue weighted by Crippen LogP contribution is -2.34. The number of alkyl halides is 2. The first-order valence-electron chi connectivity index (χ1n) is 9.20. The van der Waals surface area contributed by atoms with Gasteiger partial charge in [0.05, 0.1) is 12.2 Å². The molecule has 154 valence electrons. The first-order valence-corrected chi connectivity index (χ1v) is 10.1. The van der Waals surface area contributed by atoms with Gasteiger partial charge in [0.1, 0.15) is 0 Å². The molecule has 0 radical (unpaired) electrons.